The second-order valence-electron chi connectivity index (χ2n) is 3.54. The Bertz CT molecular complexity index is 246. The van der Waals surface area contributed by atoms with E-state index < -0.39 is 0 Å². The molecule has 0 aromatic carbocycles. The molecule has 2 unspecified atom stereocenters. The van der Waals surface area contributed by atoms with Gasteiger partial charge in [0.15, 0.2) is 0 Å². The first-order valence-corrected chi connectivity index (χ1v) is 5.45. The van der Waals surface area contributed by atoms with Gasteiger partial charge in [0.1, 0.15) is 0 Å². The zero-order chi connectivity index (χ0) is 11.3. The van der Waals surface area contributed by atoms with Crippen LogP contribution in [0.25, 0.3) is 0 Å². The second-order valence-corrected chi connectivity index (χ2v) is 4.08. The first-order chi connectivity index (χ1) is 7.15. The van der Waals surface area contributed by atoms with Crippen molar-refractivity contribution < 1.29 is 9.53 Å². The van der Waals surface area contributed by atoms with Gasteiger partial charge in [0.25, 0.3) is 0 Å². The maximum absolute atomic E-state index is 11.7. The number of nitrogens with one attached hydrogen (secondary N) is 2. The molecular formula is C10H17ClN2O2. The Kier molecular flexibility index (Phi) is 5.08. The quantitative estimate of drug-likeness (QED) is 0.725. The van der Waals surface area contributed by atoms with E-state index in [1.165, 1.54) is 0 Å². The van der Waals surface area contributed by atoms with Crippen LogP contribution in [0.2, 0.25) is 0 Å². The molecule has 15 heavy (non-hydrogen) atoms. The van der Waals surface area contributed by atoms with Crippen molar-refractivity contribution in [3.8, 4) is 0 Å². The van der Waals surface area contributed by atoms with Gasteiger partial charge in [0.05, 0.1) is 25.7 Å². The predicted molar refractivity (Wildman–Crippen MR) is 59.8 cm³/mol. The van der Waals surface area contributed by atoms with Gasteiger partial charge in [0.2, 0.25) is 5.91 Å². The van der Waals surface area contributed by atoms with Crippen LogP contribution >= 0.6 is 11.6 Å². The number of hydrogen-bond acceptors (Lipinski definition) is 3. The molecule has 1 aliphatic rings. The van der Waals surface area contributed by atoms with Crippen molar-refractivity contribution in [3.05, 3.63) is 11.6 Å². The minimum Gasteiger partial charge on any atom is -0.379 e. The van der Waals surface area contributed by atoms with Gasteiger partial charge in [-0.15, -0.1) is 0 Å². The number of hydrogen-bond donors (Lipinski definition) is 2. The fraction of sp³-hybridized carbons (Fsp3) is 0.700. The largest absolute Gasteiger partial charge is 0.379 e. The van der Waals surface area contributed by atoms with E-state index in [1.807, 2.05) is 6.92 Å². The van der Waals surface area contributed by atoms with Crippen molar-refractivity contribution in [1.29, 1.82) is 0 Å². The Morgan fingerprint density at radius 3 is 2.93 bits per heavy atom. The van der Waals surface area contributed by atoms with E-state index in [1.54, 1.807) is 0 Å². The number of carbonyl (C=O) groups excluding carboxylic acids is 1. The molecule has 4 nitrogen and oxygen atoms in total. The van der Waals surface area contributed by atoms with Crippen molar-refractivity contribution in [3.63, 3.8) is 0 Å². The normalized spacial score (nSPS) is 25.2. The van der Waals surface area contributed by atoms with Gasteiger partial charge in [0, 0.05) is 11.1 Å². The first-order valence-electron chi connectivity index (χ1n) is 5.07. The van der Waals surface area contributed by atoms with Gasteiger partial charge in [-0.1, -0.05) is 25.1 Å². The summed E-state index contributed by atoms with van der Waals surface area (Å²) in [6, 6.07) is 0.110. The van der Waals surface area contributed by atoms with E-state index in [0.717, 1.165) is 6.54 Å². The topological polar surface area (TPSA) is 50.4 Å². The summed E-state index contributed by atoms with van der Waals surface area (Å²) >= 11 is 5.57. The van der Waals surface area contributed by atoms with Crippen molar-refractivity contribution >= 4 is 17.5 Å². The summed E-state index contributed by atoms with van der Waals surface area (Å²) in [5.41, 5.74) is 0. The highest BCUT2D eigenvalue weighted by molar-refractivity contribution is 6.29. The molecule has 2 N–H and O–H groups in total. The van der Waals surface area contributed by atoms with Crippen molar-refractivity contribution in [2.75, 3.05) is 26.3 Å². The summed E-state index contributed by atoms with van der Waals surface area (Å²) in [5.74, 6) is -0.152. The molecule has 1 saturated heterocycles. The number of halogens is 1. The highest BCUT2D eigenvalue weighted by atomic mass is 35.5. The molecule has 0 saturated carbocycles. The molecule has 1 heterocycles. The molecule has 1 amide bonds. The van der Waals surface area contributed by atoms with Gasteiger partial charge >= 0.3 is 0 Å². The third-order valence-corrected chi connectivity index (χ3v) is 2.47. The molecule has 0 aromatic rings. The Morgan fingerprint density at radius 1 is 1.60 bits per heavy atom. The van der Waals surface area contributed by atoms with Crippen LogP contribution in [-0.4, -0.2) is 38.3 Å². The highest BCUT2D eigenvalue weighted by Gasteiger charge is 2.33. The summed E-state index contributed by atoms with van der Waals surface area (Å²) in [6.45, 7) is 7.73. The summed E-state index contributed by atoms with van der Waals surface area (Å²) in [7, 11) is 0. The molecule has 0 bridgehead atoms. The van der Waals surface area contributed by atoms with Crippen LogP contribution in [-0.2, 0) is 9.53 Å². The molecule has 0 aliphatic carbocycles. The van der Waals surface area contributed by atoms with Gasteiger partial charge in [-0.05, 0) is 6.54 Å². The van der Waals surface area contributed by atoms with E-state index >= 15 is 0 Å². The maximum atomic E-state index is 11.7. The molecule has 1 rings (SSSR count). The summed E-state index contributed by atoms with van der Waals surface area (Å²) in [4.78, 5) is 11.7. The van der Waals surface area contributed by atoms with Gasteiger partial charge in [-0.3, -0.25) is 4.79 Å². The Balaban J connectivity index is 2.40. The lowest BCUT2D eigenvalue weighted by Gasteiger charge is -2.17. The van der Waals surface area contributed by atoms with E-state index in [0.29, 0.717) is 24.8 Å². The lowest BCUT2D eigenvalue weighted by molar-refractivity contribution is -0.125. The van der Waals surface area contributed by atoms with E-state index in [2.05, 4.69) is 17.2 Å². The lowest BCUT2D eigenvalue weighted by Crippen LogP contribution is -2.44. The van der Waals surface area contributed by atoms with Crippen molar-refractivity contribution in [2.24, 2.45) is 5.92 Å². The average Bonchev–Trinajstić information content (AvgIpc) is 2.63. The van der Waals surface area contributed by atoms with E-state index in [4.69, 9.17) is 16.3 Å². The van der Waals surface area contributed by atoms with E-state index in [9.17, 15) is 4.79 Å². The number of ether oxygens (including phenoxy) is 1. The lowest BCUT2D eigenvalue weighted by atomic mass is 10.0. The van der Waals surface area contributed by atoms with E-state index in [-0.39, 0.29) is 17.9 Å². The first kappa shape index (κ1) is 12.5. The van der Waals surface area contributed by atoms with Crippen molar-refractivity contribution in [2.45, 2.75) is 13.0 Å². The van der Waals surface area contributed by atoms with Gasteiger partial charge < -0.3 is 15.4 Å². The fourth-order valence-corrected chi connectivity index (χ4v) is 1.66. The number of likely N-dealkylation sites (N-methyl/N-ethyl adjacent to an activating group) is 1. The Hall–Kier alpha value is -0.580. The Labute approximate surface area is 95.0 Å². The molecule has 1 fully saturated rings. The minimum absolute atomic E-state index is 0.0275. The zero-order valence-corrected chi connectivity index (χ0v) is 9.64. The third-order valence-electron chi connectivity index (χ3n) is 2.34. The minimum atomic E-state index is -0.124. The van der Waals surface area contributed by atoms with Crippen LogP contribution in [0, 0.1) is 5.92 Å². The van der Waals surface area contributed by atoms with Crippen LogP contribution in [0.4, 0.5) is 0 Å². The standard InChI is InChI=1S/C10H17ClN2O2/c1-3-12-9-6-15-5-8(9)10(14)13-4-7(2)11/h8-9,12H,2-6H2,1H3,(H,13,14). The van der Waals surface area contributed by atoms with Crippen LogP contribution in [0.3, 0.4) is 0 Å². The van der Waals surface area contributed by atoms with Crippen LogP contribution in [0.1, 0.15) is 6.92 Å². The maximum Gasteiger partial charge on any atom is 0.227 e. The highest BCUT2D eigenvalue weighted by Crippen LogP contribution is 2.13. The van der Waals surface area contributed by atoms with Crippen LogP contribution in [0.5, 0.6) is 0 Å². The zero-order valence-electron chi connectivity index (χ0n) is 8.88. The molecule has 0 radical (unpaired) electrons. The number of carbonyl (C=O) groups is 1. The van der Waals surface area contributed by atoms with Crippen molar-refractivity contribution in [1.82, 2.24) is 10.6 Å². The van der Waals surface area contributed by atoms with Gasteiger partial charge in [-0.25, -0.2) is 0 Å². The fourth-order valence-electron chi connectivity index (χ4n) is 1.59. The predicted octanol–water partition coefficient (Wildman–Crippen LogP) is 0.480. The molecule has 2 atom stereocenters. The Morgan fingerprint density at radius 2 is 2.33 bits per heavy atom. The molecule has 86 valence electrons. The second kappa shape index (κ2) is 6.10. The molecule has 5 heteroatoms. The summed E-state index contributed by atoms with van der Waals surface area (Å²) in [5, 5.41) is 6.38. The van der Waals surface area contributed by atoms with Crippen LogP contribution in [0.15, 0.2) is 11.6 Å². The summed E-state index contributed by atoms with van der Waals surface area (Å²) < 4.78 is 5.27. The molecule has 1 aliphatic heterocycles. The van der Waals surface area contributed by atoms with Crippen LogP contribution < -0.4 is 10.6 Å². The monoisotopic (exact) mass is 232 g/mol. The van der Waals surface area contributed by atoms with Gasteiger partial charge in [-0.2, -0.15) is 0 Å². The molecule has 0 aromatic heterocycles. The summed E-state index contributed by atoms with van der Waals surface area (Å²) in [6.07, 6.45) is 0. The third kappa shape index (κ3) is 3.81. The SMILES string of the molecule is C=C(Cl)CNC(=O)C1COCC1NCC. The average molecular weight is 233 g/mol. The molecular weight excluding hydrogens is 216 g/mol. The molecule has 0 spiro atoms. The smallest absolute Gasteiger partial charge is 0.227 e. The number of rotatable bonds is 5. The number of amides is 1.